The topological polar surface area (TPSA) is 38.9 Å². The Morgan fingerprint density at radius 2 is 2.25 bits per heavy atom. The zero-order valence-electron chi connectivity index (χ0n) is 6.10. The maximum Gasteiger partial charge on any atom is 0.280 e. The number of alkyl halides is 2. The number of nitrogens with two attached hydrogens (primary N) is 1. The molecule has 0 spiro atoms. The van der Waals surface area contributed by atoms with Gasteiger partial charge in [-0.05, 0) is 6.07 Å². The van der Waals surface area contributed by atoms with Crippen LogP contribution in [0.15, 0.2) is 12.3 Å². The van der Waals surface area contributed by atoms with E-state index in [-0.39, 0.29) is 22.8 Å². The third kappa shape index (κ3) is 1.70. The molecule has 5 heteroatoms. The molecule has 0 amide bonds. The molecule has 0 fully saturated rings. The Labute approximate surface area is 73.4 Å². The average molecular weight is 193 g/mol. The number of halogens is 3. The van der Waals surface area contributed by atoms with Crippen LogP contribution in [0.4, 0.5) is 8.78 Å². The van der Waals surface area contributed by atoms with Gasteiger partial charge in [0.05, 0.1) is 0 Å². The molecule has 2 N–H and O–H groups in total. The number of aromatic nitrogens is 1. The summed E-state index contributed by atoms with van der Waals surface area (Å²) >= 11 is 5.62. The van der Waals surface area contributed by atoms with E-state index in [1.54, 1.807) is 0 Å². The smallest absolute Gasteiger partial charge is 0.280 e. The van der Waals surface area contributed by atoms with Crippen molar-refractivity contribution in [1.82, 2.24) is 4.98 Å². The molecule has 1 rings (SSSR count). The summed E-state index contributed by atoms with van der Waals surface area (Å²) in [6, 6.07) is 1.44. The zero-order chi connectivity index (χ0) is 9.14. The first-order chi connectivity index (χ1) is 5.66. The Hall–Kier alpha value is -0.740. The molecule has 0 atom stereocenters. The standard InChI is InChI=1S/C7H7ClF2N2/c8-5-1-2-12-6(7(9)10)4(5)3-11/h1-2,7H,3,11H2. The summed E-state index contributed by atoms with van der Waals surface area (Å²) in [4.78, 5) is 3.50. The lowest BCUT2D eigenvalue weighted by atomic mass is 10.2. The van der Waals surface area contributed by atoms with E-state index in [0.29, 0.717) is 0 Å². The van der Waals surface area contributed by atoms with E-state index in [9.17, 15) is 8.78 Å². The predicted octanol–water partition coefficient (Wildman–Crippen LogP) is 2.13. The van der Waals surface area contributed by atoms with E-state index in [0.717, 1.165) is 0 Å². The van der Waals surface area contributed by atoms with Crippen molar-refractivity contribution < 1.29 is 8.78 Å². The Morgan fingerprint density at radius 3 is 2.67 bits per heavy atom. The molecule has 0 saturated carbocycles. The summed E-state index contributed by atoms with van der Waals surface area (Å²) in [5.41, 5.74) is 5.12. The van der Waals surface area contributed by atoms with Gasteiger partial charge in [-0.2, -0.15) is 0 Å². The summed E-state index contributed by atoms with van der Waals surface area (Å²) in [6.07, 6.45) is -1.38. The summed E-state index contributed by atoms with van der Waals surface area (Å²) in [7, 11) is 0. The fourth-order valence-electron chi connectivity index (χ4n) is 0.874. The number of rotatable bonds is 2. The highest BCUT2D eigenvalue weighted by molar-refractivity contribution is 6.31. The second-order valence-corrected chi connectivity index (χ2v) is 2.57. The van der Waals surface area contributed by atoms with Crippen LogP contribution in [-0.2, 0) is 6.54 Å². The van der Waals surface area contributed by atoms with Crippen LogP contribution in [0, 0.1) is 0 Å². The van der Waals surface area contributed by atoms with Gasteiger partial charge in [-0.15, -0.1) is 0 Å². The second kappa shape index (κ2) is 3.78. The first-order valence-corrected chi connectivity index (χ1v) is 3.66. The molecule has 66 valence electrons. The van der Waals surface area contributed by atoms with Gasteiger partial charge in [-0.25, -0.2) is 8.78 Å². The molecule has 1 aromatic heterocycles. The summed E-state index contributed by atoms with van der Waals surface area (Å²) < 4.78 is 24.4. The molecule has 0 radical (unpaired) electrons. The Morgan fingerprint density at radius 1 is 1.58 bits per heavy atom. The van der Waals surface area contributed by atoms with Gasteiger partial charge in [-0.1, -0.05) is 11.6 Å². The fraction of sp³-hybridized carbons (Fsp3) is 0.286. The van der Waals surface area contributed by atoms with Crippen molar-refractivity contribution in [3.63, 3.8) is 0 Å². The lowest BCUT2D eigenvalue weighted by Gasteiger charge is -2.06. The van der Waals surface area contributed by atoms with Crippen molar-refractivity contribution in [2.75, 3.05) is 0 Å². The van der Waals surface area contributed by atoms with Crippen LogP contribution in [0.2, 0.25) is 5.02 Å². The van der Waals surface area contributed by atoms with Crippen molar-refractivity contribution in [1.29, 1.82) is 0 Å². The van der Waals surface area contributed by atoms with Gasteiger partial charge in [0.25, 0.3) is 6.43 Å². The molecular weight excluding hydrogens is 186 g/mol. The molecular formula is C7H7ClF2N2. The minimum atomic E-state index is -2.62. The van der Waals surface area contributed by atoms with Crippen LogP contribution >= 0.6 is 11.6 Å². The highest BCUT2D eigenvalue weighted by Crippen LogP contribution is 2.25. The minimum absolute atomic E-state index is 0.0215. The van der Waals surface area contributed by atoms with Crippen LogP contribution < -0.4 is 5.73 Å². The van der Waals surface area contributed by atoms with Crippen molar-refractivity contribution in [2.45, 2.75) is 13.0 Å². The molecule has 0 aliphatic rings. The van der Waals surface area contributed by atoms with Crippen molar-refractivity contribution in [3.05, 3.63) is 28.5 Å². The SMILES string of the molecule is NCc1c(Cl)ccnc1C(F)F. The van der Waals surface area contributed by atoms with Crippen molar-refractivity contribution in [3.8, 4) is 0 Å². The largest absolute Gasteiger partial charge is 0.326 e. The molecule has 1 aromatic rings. The predicted molar refractivity (Wildman–Crippen MR) is 42.1 cm³/mol. The number of hydrogen-bond donors (Lipinski definition) is 1. The van der Waals surface area contributed by atoms with Gasteiger partial charge in [0, 0.05) is 23.3 Å². The normalized spacial score (nSPS) is 10.8. The van der Waals surface area contributed by atoms with E-state index in [4.69, 9.17) is 17.3 Å². The zero-order valence-corrected chi connectivity index (χ0v) is 6.85. The molecule has 1 heterocycles. The molecule has 0 aliphatic carbocycles. The van der Waals surface area contributed by atoms with Crippen molar-refractivity contribution in [2.24, 2.45) is 5.73 Å². The van der Waals surface area contributed by atoms with E-state index < -0.39 is 6.43 Å². The van der Waals surface area contributed by atoms with Crippen LogP contribution in [0.3, 0.4) is 0 Å². The fourth-order valence-corrected chi connectivity index (χ4v) is 1.10. The lowest BCUT2D eigenvalue weighted by Crippen LogP contribution is -2.04. The molecule has 0 bridgehead atoms. The number of nitrogens with zero attached hydrogens (tertiary/aromatic N) is 1. The van der Waals surface area contributed by atoms with Crippen LogP contribution in [0.25, 0.3) is 0 Å². The number of pyridine rings is 1. The van der Waals surface area contributed by atoms with Gasteiger partial charge >= 0.3 is 0 Å². The van der Waals surface area contributed by atoms with Crippen LogP contribution in [0.1, 0.15) is 17.7 Å². The number of hydrogen-bond acceptors (Lipinski definition) is 2. The quantitative estimate of drug-likeness (QED) is 0.780. The first-order valence-electron chi connectivity index (χ1n) is 3.28. The molecule has 0 saturated heterocycles. The average Bonchev–Trinajstić information content (AvgIpc) is 2.03. The Kier molecular flexibility index (Phi) is 2.94. The first kappa shape index (κ1) is 9.35. The minimum Gasteiger partial charge on any atom is -0.326 e. The second-order valence-electron chi connectivity index (χ2n) is 2.16. The maximum atomic E-state index is 12.2. The van der Waals surface area contributed by atoms with E-state index >= 15 is 0 Å². The van der Waals surface area contributed by atoms with Crippen LogP contribution in [0.5, 0.6) is 0 Å². The van der Waals surface area contributed by atoms with Gasteiger partial charge < -0.3 is 5.73 Å². The highest BCUT2D eigenvalue weighted by Gasteiger charge is 2.15. The van der Waals surface area contributed by atoms with Gasteiger partial charge in [0.15, 0.2) is 0 Å². The van der Waals surface area contributed by atoms with E-state index in [1.807, 2.05) is 0 Å². The molecule has 12 heavy (non-hydrogen) atoms. The summed E-state index contributed by atoms with van der Waals surface area (Å²) in [5, 5.41) is 0.239. The Bertz CT molecular complexity index is 278. The van der Waals surface area contributed by atoms with Crippen LogP contribution in [-0.4, -0.2) is 4.98 Å². The molecule has 0 aliphatic heterocycles. The van der Waals surface area contributed by atoms with E-state index in [2.05, 4.69) is 4.98 Å². The van der Waals surface area contributed by atoms with Crippen molar-refractivity contribution >= 4 is 11.6 Å². The molecule has 0 unspecified atom stereocenters. The third-order valence-electron chi connectivity index (χ3n) is 1.44. The summed E-state index contributed by atoms with van der Waals surface area (Å²) in [5.74, 6) is 0. The summed E-state index contributed by atoms with van der Waals surface area (Å²) in [6.45, 7) is -0.0215. The molecule has 0 aromatic carbocycles. The van der Waals surface area contributed by atoms with Gasteiger partial charge in [0.1, 0.15) is 5.69 Å². The van der Waals surface area contributed by atoms with Gasteiger partial charge in [-0.3, -0.25) is 4.98 Å². The monoisotopic (exact) mass is 192 g/mol. The third-order valence-corrected chi connectivity index (χ3v) is 1.80. The maximum absolute atomic E-state index is 12.2. The van der Waals surface area contributed by atoms with Gasteiger partial charge in [0.2, 0.25) is 0 Å². The molecule has 2 nitrogen and oxygen atoms in total. The lowest BCUT2D eigenvalue weighted by molar-refractivity contribution is 0.145. The Balaban J connectivity index is 3.18. The highest BCUT2D eigenvalue weighted by atomic mass is 35.5. The van der Waals surface area contributed by atoms with E-state index in [1.165, 1.54) is 12.3 Å².